The number of aryl methyl sites for hydroxylation is 1. The van der Waals surface area contributed by atoms with Gasteiger partial charge in [0, 0.05) is 49.7 Å². The van der Waals surface area contributed by atoms with Crippen molar-refractivity contribution in [2.24, 2.45) is 5.92 Å². The Bertz CT molecular complexity index is 624. The van der Waals surface area contributed by atoms with Crippen LogP contribution in [0.15, 0.2) is 42.9 Å². The second kappa shape index (κ2) is 8.06. The lowest BCUT2D eigenvalue weighted by Crippen LogP contribution is -2.48. The highest BCUT2D eigenvalue weighted by molar-refractivity contribution is 5.76. The first-order chi connectivity index (χ1) is 11.7. The van der Waals surface area contributed by atoms with Crippen molar-refractivity contribution in [2.45, 2.75) is 50.8 Å². The SMILES string of the molecule is O=C(CCCn1cccn1)N[C@@H](Cc1ccccn1)C1CC(O)C1. The first-order valence-corrected chi connectivity index (χ1v) is 8.55. The van der Waals surface area contributed by atoms with Gasteiger partial charge in [-0.2, -0.15) is 5.10 Å². The van der Waals surface area contributed by atoms with E-state index in [-0.39, 0.29) is 18.1 Å². The number of amides is 1. The minimum atomic E-state index is -0.224. The second-order valence-electron chi connectivity index (χ2n) is 6.46. The predicted octanol–water partition coefficient (Wildman–Crippen LogP) is 1.56. The fraction of sp³-hybridized carbons (Fsp3) is 0.500. The van der Waals surface area contributed by atoms with E-state index in [1.54, 1.807) is 12.4 Å². The van der Waals surface area contributed by atoms with E-state index in [1.807, 2.05) is 35.1 Å². The Morgan fingerprint density at radius 3 is 2.88 bits per heavy atom. The van der Waals surface area contributed by atoms with Crippen LogP contribution in [0.25, 0.3) is 0 Å². The van der Waals surface area contributed by atoms with Crippen molar-refractivity contribution >= 4 is 5.91 Å². The zero-order chi connectivity index (χ0) is 16.8. The summed E-state index contributed by atoms with van der Waals surface area (Å²) in [6.07, 6.45) is 8.65. The van der Waals surface area contributed by atoms with Crippen LogP contribution >= 0.6 is 0 Å². The van der Waals surface area contributed by atoms with Gasteiger partial charge in [0.15, 0.2) is 0 Å². The summed E-state index contributed by atoms with van der Waals surface area (Å²) >= 11 is 0. The van der Waals surface area contributed by atoms with Gasteiger partial charge in [0.1, 0.15) is 0 Å². The molecule has 2 aromatic heterocycles. The molecule has 6 nitrogen and oxygen atoms in total. The van der Waals surface area contributed by atoms with Crippen molar-refractivity contribution in [2.75, 3.05) is 0 Å². The summed E-state index contributed by atoms with van der Waals surface area (Å²) in [5.74, 6) is 0.390. The molecule has 0 saturated heterocycles. The van der Waals surface area contributed by atoms with Crippen LogP contribution in [0, 0.1) is 5.92 Å². The van der Waals surface area contributed by atoms with E-state index in [4.69, 9.17) is 0 Å². The Kier molecular flexibility index (Phi) is 5.59. The molecule has 1 saturated carbocycles. The van der Waals surface area contributed by atoms with E-state index in [2.05, 4.69) is 15.4 Å². The first-order valence-electron chi connectivity index (χ1n) is 8.55. The van der Waals surface area contributed by atoms with Crippen LogP contribution in [-0.4, -0.2) is 37.9 Å². The summed E-state index contributed by atoms with van der Waals surface area (Å²) in [5.41, 5.74) is 0.973. The molecular formula is C18H24N4O2. The summed E-state index contributed by atoms with van der Waals surface area (Å²) in [6.45, 7) is 0.744. The maximum atomic E-state index is 12.3. The molecule has 2 N–H and O–H groups in total. The topological polar surface area (TPSA) is 80.0 Å². The van der Waals surface area contributed by atoms with Gasteiger partial charge in [-0.15, -0.1) is 0 Å². The quantitative estimate of drug-likeness (QED) is 0.770. The van der Waals surface area contributed by atoms with Gasteiger partial charge >= 0.3 is 0 Å². The van der Waals surface area contributed by atoms with E-state index < -0.39 is 0 Å². The van der Waals surface area contributed by atoms with Crippen molar-refractivity contribution in [3.63, 3.8) is 0 Å². The molecule has 0 unspecified atom stereocenters. The number of nitrogens with one attached hydrogen (secondary N) is 1. The molecular weight excluding hydrogens is 304 g/mol. The molecule has 0 radical (unpaired) electrons. The van der Waals surface area contributed by atoms with Gasteiger partial charge in [0.05, 0.1) is 6.10 Å². The summed E-state index contributed by atoms with van der Waals surface area (Å²) in [4.78, 5) is 16.6. The predicted molar refractivity (Wildman–Crippen MR) is 90.1 cm³/mol. The summed E-state index contributed by atoms with van der Waals surface area (Å²) in [5, 5.41) is 16.9. The highest BCUT2D eigenvalue weighted by atomic mass is 16.3. The number of aliphatic hydroxyl groups excluding tert-OH is 1. The first kappa shape index (κ1) is 16.6. The fourth-order valence-corrected chi connectivity index (χ4v) is 3.15. The lowest BCUT2D eigenvalue weighted by molar-refractivity contribution is -0.123. The third-order valence-corrected chi connectivity index (χ3v) is 4.57. The van der Waals surface area contributed by atoms with E-state index in [0.29, 0.717) is 18.8 Å². The Morgan fingerprint density at radius 2 is 2.21 bits per heavy atom. The van der Waals surface area contributed by atoms with Crippen molar-refractivity contribution in [3.05, 3.63) is 48.5 Å². The molecule has 0 spiro atoms. The van der Waals surface area contributed by atoms with Crippen molar-refractivity contribution in [3.8, 4) is 0 Å². The van der Waals surface area contributed by atoms with Crippen molar-refractivity contribution < 1.29 is 9.90 Å². The smallest absolute Gasteiger partial charge is 0.220 e. The van der Waals surface area contributed by atoms with Gasteiger partial charge < -0.3 is 10.4 Å². The number of pyridine rings is 1. The molecule has 2 aromatic rings. The second-order valence-corrected chi connectivity index (χ2v) is 6.46. The van der Waals surface area contributed by atoms with Crippen LogP contribution in [0.3, 0.4) is 0 Å². The monoisotopic (exact) mass is 328 g/mol. The molecule has 1 amide bonds. The molecule has 1 fully saturated rings. The van der Waals surface area contributed by atoms with E-state index >= 15 is 0 Å². The normalized spacial score (nSPS) is 21.0. The van der Waals surface area contributed by atoms with Gasteiger partial charge in [-0.05, 0) is 43.4 Å². The molecule has 3 rings (SSSR count). The standard InChI is InChI=1S/C18H24N4O2/c23-16-11-14(12-16)17(13-15-5-1-2-7-19-15)21-18(24)6-3-9-22-10-4-8-20-22/h1-2,4-5,7-8,10,14,16-17,23H,3,6,9,11-13H2,(H,21,24)/t14?,16?,17-/m0/s1. The number of hydrogen-bond donors (Lipinski definition) is 2. The number of carbonyl (C=O) groups is 1. The molecule has 1 aliphatic rings. The van der Waals surface area contributed by atoms with Crippen molar-refractivity contribution in [1.82, 2.24) is 20.1 Å². The lowest BCUT2D eigenvalue weighted by atomic mass is 9.76. The van der Waals surface area contributed by atoms with Crippen LogP contribution in [-0.2, 0) is 17.8 Å². The minimum Gasteiger partial charge on any atom is -0.393 e. The zero-order valence-corrected chi connectivity index (χ0v) is 13.7. The Hall–Kier alpha value is -2.21. The molecule has 0 bridgehead atoms. The summed E-state index contributed by atoms with van der Waals surface area (Å²) in [7, 11) is 0. The minimum absolute atomic E-state index is 0.0421. The van der Waals surface area contributed by atoms with Crippen molar-refractivity contribution in [1.29, 1.82) is 0 Å². The summed E-state index contributed by atoms with van der Waals surface area (Å²) < 4.78 is 1.83. The van der Waals surface area contributed by atoms with E-state index in [0.717, 1.165) is 31.5 Å². The highest BCUT2D eigenvalue weighted by Gasteiger charge is 2.34. The number of rotatable bonds is 8. The molecule has 1 aliphatic carbocycles. The fourth-order valence-electron chi connectivity index (χ4n) is 3.15. The van der Waals surface area contributed by atoms with Gasteiger partial charge in [-0.25, -0.2) is 0 Å². The lowest BCUT2D eigenvalue weighted by Gasteiger charge is -2.38. The molecule has 24 heavy (non-hydrogen) atoms. The van der Waals surface area contributed by atoms with Crippen LogP contribution < -0.4 is 5.32 Å². The molecule has 2 heterocycles. The summed E-state index contributed by atoms with van der Waals surface area (Å²) in [6, 6.07) is 7.75. The number of hydrogen-bond acceptors (Lipinski definition) is 4. The molecule has 128 valence electrons. The Morgan fingerprint density at radius 1 is 1.33 bits per heavy atom. The number of aromatic nitrogens is 3. The third kappa shape index (κ3) is 4.64. The number of aliphatic hydroxyl groups is 1. The van der Waals surface area contributed by atoms with Crippen LogP contribution in [0.1, 0.15) is 31.4 Å². The van der Waals surface area contributed by atoms with Gasteiger partial charge in [-0.3, -0.25) is 14.5 Å². The van der Waals surface area contributed by atoms with Crippen LogP contribution in [0.4, 0.5) is 0 Å². The maximum Gasteiger partial charge on any atom is 0.220 e. The third-order valence-electron chi connectivity index (χ3n) is 4.57. The maximum absolute atomic E-state index is 12.3. The molecule has 1 atom stereocenters. The largest absolute Gasteiger partial charge is 0.393 e. The zero-order valence-electron chi connectivity index (χ0n) is 13.7. The molecule has 6 heteroatoms. The van der Waals surface area contributed by atoms with Crippen LogP contribution in [0.2, 0.25) is 0 Å². The van der Waals surface area contributed by atoms with Gasteiger partial charge in [0.2, 0.25) is 5.91 Å². The van der Waals surface area contributed by atoms with E-state index in [1.165, 1.54) is 0 Å². The Balaban J connectivity index is 1.50. The highest BCUT2D eigenvalue weighted by Crippen LogP contribution is 2.31. The van der Waals surface area contributed by atoms with E-state index in [9.17, 15) is 9.90 Å². The Labute approximate surface area is 141 Å². The number of nitrogens with zero attached hydrogens (tertiary/aromatic N) is 3. The van der Waals surface area contributed by atoms with Gasteiger partial charge in [-0.1, -0.05) is 6.07 Å². The average Bonchev–Trinajstić information content (AvgIpc) is 3.06. The number of carbonyl (C=O) groups excluding carboxylic acids is 1. The molecule has 0 aliphatic heterocycles. The molecule has 0 aromatic carbocycles. The average molecular weight is 328 g/mol. The van der Waals surface area contributed by atoms with Crippen LogP contribution in [0.5, 0.6) is 0 Å². The van der Waals surface area contributed by atoms with Gasteiger partial charge in [0.25, 0.3) is 0 Å².